The van der Waals surface area contributed by atoms with Gasteiger partial charge in [-0.1, -0.05) is 0 Å². The minimum absolute atomic E-state index is 0.468. The van der Waals surface area contributed by atoms with E-state index < -0.39 is 0 Å². The lowest BCUT2D eigenvalue weighted by molar-refractivity contribution is 0.291. The zero-order chi connectivity index (χ0) is 16.4. The van der Waals surface area contributed by atoms with Crippen LogP contribution in [0.2, 0.25) is 0 Å². The van der Waals surface area contributed by atoms with E-state index in [1.807, 2.05) is 38.1 Å². The van der Waals surface area contributed by atoms with Crippen LogP contribution < -0.4 is 9.80 Å². The van der Waals surface area contributed by atoms with E-state index in [0.29, 0.717) is 6.04 Å². The van der Waals surface area contributed by atoms with Gasteiger partial charge in [-0.2, -0.15) is 0 Å². The largest absolute Gasteiger partial charge is 0.465 e. The van der Waals surface area contributed by atoms with Crippen LogP contribution in [0, 0.1) is 6.92 Å². The number of rotatable bonds is 5. The Balaban J connectivity index is 1.63. The van der Waals surface area contributed by atoms with Crippen LogP contribution in [-0.2, 0) is 6.54 Å². The van der Waals surface area contributed by atoms with Gasteiger partial charge in [0, 0.05) is 46.3 Å². The number of furan rings is 1. The Morgan fingerprint density at radius 1 is 1.22 bits per heavy atom. The van der Waals surface area contributed by atoms with Gasteiger partial charge in [0.1, 0.15) is 29.5 Å². The first-order valence-electron chi connectivity index (χ1n) is 8.03. The van der Waals surface area contributed by atoms with Gasteiger partial charge in [0.2, 0.25) is 0 Å². The average Bonchev–Trinajstić information content (AvgIpc) is 3.16. The fourth-order valence-electron chi connectivity index (χ4n) is 3.02. The van der Waals surface area contributed by atoms with Gasteiger partial charge >= 0.3 is 0 Å². The predicted octanol–water partition coefficient (Wildman–Crippen LogP) is 2.15. The van der Waals surface area contributed by atoms with Crippen molar-refractivity contribution in [1.82, 2.24) is 14.9 Å². The third kappa shape index (κ3) is 3.64. The van der Waals surface area contributed by atoms with Crippen LogP contribution in [0.15, 0.2) is 28.9 Å². The molecule has 0 radical (unpaired) electrons. The molecule has 1 fully saturated rings. The van der Waals surface area contributed by atoms with Crippen molar-refractivity contribution < 1.29 is 4.42 Å². The van der Waals surface area contributed by atoms with Crippen molar-refractivity contribution in [3.05, 3.63) is 36.0 Å². The molecule has 1 atom stereocenters. The maximum atomic E-state index is 5.69. The lowest BCUT2D eigenvalue weighted by Gasteiger charge is -2.26. The number of aryl methyl sites for hydroxylation is 1. The van der Waals surface area contributed by atoms with Crippen molar-refractivity contribution in [3.63, 3.8) is 0 Å². The first-order valence-corrected chi connectivity index (χ1v) is 8.03. The lowest BCUT2D eigenvalue weighted by atomic mass is 10.2. The molecule has 0 aromatic carbocycles. The van der Waals surface area contributed by atoms with Gasteiger partial charge in [-0.3, -0.25) is 4.90 Å². The van der Waals surface area contributed by atoms with Crippen LogP contribution in [0.1, 0.15) is 17.9 Å². The summed E-state index contributed by atoms with van der Waals surface area (Å²) in [5.41, 5.74) is 0. The van der Waals surface area contributed by atoms with Gasteiger partial charge in [-0.05, 0) is 25.5 Å². The molecule has 6 nitrogen and oxygen atoms in total. The van der Waals surface area contributed by atoms with E-state index in [2.05, 4.69) is 32.9 Å². The van der Waals surface area contributed by atoms with Crippen molar-refractivity contribution in [2.45, 2.75) is 25.9 Å². The maximum absolute atomic E-state index is 5.69. The maximum Gasteiger partial charge on any atom is 0.134 e. The normalized spacial score (nSPS) is 18.3. The summed E-state index contributed by atoms with van der Waals surface area (Å²) in [6.07, 6.45) is 2.77. The molecule has 0 amide bonds. The van der Waals surface area contributed by atoms with E-state index in [1.54, 1.807) is 6.33 Å². The van der Waals surface area contributed by atoms with Gasteiger partial charge in [0.15, 0.2) is 0 Å². The molecule has 0 N–H and O–H groups in total. The van der Waals surface area contributed by atoms with E-state index in [4.69, 9.17) is 4.42 Å². The molecule has 2 aromatic rings. The van der Waals surface area contributed by atoms with Crippen LogP contribution in [-0.4, -0.2) is 55.1 Å². The predicted molar refractivity (Wildman–Crippen MR) is 91.9 cm³/mol. The van der Waals surface area contributed by atoms with E-state index in [0.717, 1.165) is 49.2 Å². The third-order valence-corrected chi connectivity index (χ3v) is 4.43. The molecule has 23 heavy (non-hydrogen) atoms. The highest BCUT2D eigenvalue weighted by Crippen LogP contribution is 2.23. The summed E-state index contributed by atoms with van der Waals surface area (Å²) in [6, 6.07) is 6.60. The van der Waals surface area contributed by atoms with Gasteiger partial charge in [-0.15, -0.1) is 0 Å². The second kappa shape index (κ2) is 6.58. The highest BCUT2D eigenvalue weighted by Gasteiger charge is 2.27. The number of hydrogen-bond donors (Lipinski definition) is 0. The molecule has 0 aliphatic carbocycles. The van der Waals surface area contributed by atoms with Crippen LogP contribution in [0.25, 0.3) is 0 Å². The highest BCUT2D eigenvalue weighted by atomic mass is 16.3. The Morgan fingerprint density at radius 3 is 2.70 bits per heavy atom. The molecule has 1 saturated heterocycles. The molecule has 0 spiro atoms. The van der Waals surface area contributed by atoms with Gasteiger partial charge in [0.25, 0.3) is 0 Å². The summed E-state index contributed by atoms with van der Waals surface area (Å²) in [5.74, 6) is 3.93. The summed E-state index contributed by atoms with van der Waals surface area (Å²) >= 11 is 0. The first-order chi connectivity index (χ1) is 11.0. The van der Waals surface area contributed by atoms with Crippen LogP contribution in [0.3, 0.4) is 0 Å². The number of hydrogen-bond acceptors (Lipinski definition) is 6. The minimum atomic E-state index is 0.468. The van der Waals surface area contributed by atoms with Gasteiger partial charge in [0.05, 0.1) is 6.54 Å². The number of likely N-dealkylation sites (N-methyl/N-ethyl adjacent to an activating group) is 1. The van der Waals surface area contributed by atoms with E-state index in [-0.39, 0.29) is 0 Å². The molecule has 1 aliphatic heterocycles. The van der Waals surface area contributed by atoms with Crippen molar-refractivity contribution >= 4 is 11.6 Å². The molecular formula is C17H25N5O. The molecule has 3 rings (SSSR count). The monoisotopic (exact) mass is 315 g/mol. The van der Waals surface area contributed by atoms with Crippen molar-refractivity contribution in [2.75, 3.05) is 44.0 Å². The van der Waals surface area contributed by atoms with E-state index >= 15 is 0 Å². The average molecular weight is 315 g/mol. The van der Waals surface area contributed by atoms with Crippen LogP contribution >= 0.6 is 0 Å². The molecule has 1 unspecified atom stereocenters. The molecule has 3 heterocycles. The number of nitrogens with zero attached hydrogens (tertiary/aromatic N) is 5. The topological polar surface area (TPSA) is 48.6 Å². The van der Waals surface area contributed by atoms with Gasteiger partial charge in [-0.25, -0.2) is 9.97 Å². The Morgan fingerprint density at radius 2 is 2.00 bits per heavy atom. The van der Waals surface area contributed by atoms with Crippen molar-refractivity contribution in [3.8, 4) is 0 Å². The molecule has 124 valence electrons. The highest BCUT2D eigenvalue weighted by molar-refractivity contribution is 5.49. The van der Waals surface area contributed by atoms with E-state index in [1.165, 1.54) is 0 Å². The zero-order valence-corrected chi connectivity index (χ0v) is 14.4. The summed E-state index contributed by atoms with van der Waals surface area (Å²) in [5, 5.41) is 0. The molecule has 0 bridgehead atoms. The third-order valence-electron chi connectivity index (χ3n) is 4.43. The Bertz CT molecular complexity index is 654. The van der Waals surface area contributed by atoms with Crippen LogP contribution in [0.5, 0.6) is 0 Å². The standard InChI is InChI=1S/C17H25N5O/c1-13-5-6-15(23-13)11-22-8-7-14(10-22)21(4)17-9-16(20(2)3)18-12-19-17/h5-6,9,12,14H,7-8,10-11H2,1-4H3. The molecule has 0 saturated carbocycles. The van der Waals surface area contributed by atoms with E-state index in [9.17, 15) is 0 Å². The van der Waals surface area contributed by atoms with Crippen molar-refractivity contribution in [1.29, 1.82) is 0 Å². The fraction of sp³-hybridized carbons (Fsp3) is 0.529. The number of likely N-dealkylation sites (tertiary alicyclic amines) is 1. The second-order valence-corrected chi connectivity index (χ2v) is 6.43. The molecule has 6 heteroatoms. The summed E-state index contributed by atoms with van der Waals surface area (Å²) in [4.78, 5) is 15.4. The summed E-state index contributed by atoms with van der Waals surface area (Å²) in [7, 11) is 6.11. The SMILES string of the molecule is Cc1ccc(CN2CCC(N(C)c3cc(N(C)C)ncn3)C2)o1. The summed E-state index contributed by atoms with van der Waals surface area (Å²) < 4.78 is 5.69. The molecule has 1 aliphatic rings. The Kier molecular flexibility index (Phi) is 4.52. The number of aromatic nitrogens is 2. The Labute approximate surface area is 137 Å². The lowest BCUT2D eigenvalue weighted by Crippen LogP contribution is -2.35. The first kappa shape index (κ1) is 15.8. The molecular weight excluding hydrogens is 290 g/mol. The zero-order valence-electron chi connectivity index (χ0n) is 14.4. The van der Waals surface area contributed by atoms with Gasteiger partial charge < -0.3 is 14.2 Å². The quantitative estimate of drug-likeness (QED) is 0.843. The summed E-state index contributed by atoms with van der Waals surface area (Å²) in [6.45, 7) is 4.98. The van der Waals surface area contributed by atoms with Crippen molar-refractivity contribution in [2.24, 2.45) is 0 Å². The fourth-order valence-corrected chi connectivity index (χ4v) is 3.02. The van der Waals surface area contributed by atoms with Crippen LogP contribution in [0.4, 0.5) is 11.6 Å². The second-order valence-electron chi connectivity index (χ2n) is 6.43. The smallest absolute Gasteiger partial charge is 0.134 e. The minimum Gasteiger partial charge on any atom is -0.465 e. The molecule has 2 aromatic heterocycles. The Hall–Kier alpha value is -2.08. The number of anilines is 2.